The Bertz CT molecular complexity index is 694. The third-order valence-electron chi connectivity index (χ3n) is 5.85. The summed E-state index contributed by atoms with van der Waals surface area (Å²) in [5.41, 5.74) is 4.06. The Morgan fingerprint density at radius 2 is 1.73 bits per heavy atom. The molecule has 0 N–H and O–H groups in total. The van der Waals surface area contributed by atoms with Crippen molar-refractivity contribution in [3.8, 4) is 0 Å². The lowest BCUT2D eigenvalue weighted by Gasteiger charge is -2.38. The minimum Gasteiger partial charge on any atom is -0.304 e. The SMILES string of the molecule is CN1CCN(CCCN2CCc3ncccc3C2c2ccccc2)CC1. The molecule has 138 valence electrons. The van der Waals surface area contributed by atoms with Gasteiger partial charge in [-0.3, -0.25) is 9.88 Å². The van der Waals surface area contributed by atoms with Gasteiger partial charge >= 0.3 is 0 Å². The summed E-state index contributed by atoms with van der Waals surface area (Å²) in [6.07, 6.45) is 4.24. The highest BCUT2D eigenvalue weighted by atomic mass is 15.2. The first-order chi connectivity index (χ1) is 12.8. The standard InChI is InChI=1S/C22H30N4/c1-24-15-17-25(18-16-24)12-6-13-26-14-10-21-20(9-5-11-23-21)22(26)19-7-3-2-4-8-19/h2-5,7-9,11,22H,6,10,12-18H2,1H3. The van der Waals surface area contributed by atoms with Gasteiger partial charge in [0.15, 0.2) is 0 Å². The highest BCUT2D eigenvalue weighted by Crippen LogP contribution is 2.34. The summed E-state index contributed by atoms with van der Waals surface area (Å²) in [7, 11) is 2.22. The Morgan fingerprint density at radius 3 is 2.54 bits per heavy atom. The molecule has 1 fully saturated rings. The number of hydrogen-bond acceptors (Lipinski definition) is 4. The van der Waals surface area contributed by atoms with E-state index in [1.807, 2.05) is 6.20 Å². The molecule has 0 radical (unpaired) electrons. The number of aromatic nitrogens is 1. The largest absolute Gasteiger partial charge is 0.304 e. The lowest BCUT2D eigenvalue weighted by atomic mass is 9.91. The molecule has 4 heteroatoms. The lowest BCUT2D eigenvalue weighted by molar-refractivity contribution is 0.139. The fraction of sp³-hybridized carbons (Fsp3) is 0.500. The smallest absolute Gasteiger partial charge is 0.0619 e. The van der Waals surface area contributed by atoms with Gasteiger partial charge in [0, 0.05) is 57.6 Å². The van der Waals surface area contributed by atoms with Crippen LogP contribution in [0.1, 0.15) is 29.3 Å². The van der Waals surface area contributed by atoms with Crippen molar-refractivity contribution < 1.29 is 0 Å². The van der Waals surface area contributed by atoms with Gasteiger partial charge in [-0.25, -0.2) is 0 Å². The zero-order chi connectivity index (χ0) is 17.8. The number of pyridine rings is 1. The number of benzene rings is 1. The summed E-state index contributed by atoms with van der Waals surface area (Å²) in [6, 6.07) is 15.6. The lowest BCUT2D eigenvalue weighted by Crippen LogP contribution is -2.45. The van der Waals surface area contributed by atoms with Crippen molar-refractivity contribution in [2.45, 2.75) is 18.9 Å². The number of hydrogen-bond donors (Lipinski definition) is 0. The van der Waals surface area contributed by atoms with Crippen LogP contribution in [0.15, 0.2) is 48.7 Å². The van der Waals surface area contributed by atoms with Crippen molar-refractivity contribution in [3.05, 3.63) is 65.5 Å². The van der Waals surface area contributed by atoms with Gasteiger partial charge in [0.1, 0.15) is 0 Å². The van der Waals surface area contributed by atoms with Gasteiger partial charge in [0.2, 0.25) is 0 Å². The molecular formula is C22H30N4. The van der Waals surface area contributed by atoms with Crippen molar-refractivity contribution >= 4 is 0 Å². The summed E-state index contributed by atoms with van der Waals surface area (Å²) < 4.78 is 0. The summed E-state index contributed by atoms with van der Waals surface area (Å²) in [5, 5.41) is 0. The maximum atomic E-state index is 4.65. The van der Waals surface area contributed by atoms with Crippen LogP contribution in [-0.2, 0) is 6.42 Å². The van der Waals surface area contributed by atoms with Gasteiger partial charge in [0.05, 0.1) is 6.04 Å². The van der Waals surface area contributed by atoms with Gasteiger partial charge in [-0.15, -0.1) is 0 Å². The van der Waals surface area contributed by atoms with E-state index in [2.05, 4.69) is 69.2 Å². The Labute approximate surface area is 157 Å². The normalized spacial score (nSPS) is 22.3. The molecule has 0 spiro atoms. The minimum atomic E-state index is 0.348. The van der Waals surface area contributed by atoms with Gasteiger partial charge in [-0.1, -0.05) is 36.4 Å². The fourth-order valence-electron chi connectivity index (χ4n) is 4.32. The summed E-state index contributed by atoms with van der Waals surface area (Å²) in [6.45, 7) is 8.31. The number of nitrogens with zero attached hydrogens (tertiary/aromatic N) is 4. The Hall–Kier alpha value is -1.75. The van der Waals surface area contributed by atoms with Crippen LogP contribution in [0.3, 0.4) is 0 Å². The molecule has 1 aromatic heterocycles. The zero-order valence-corrected chi connectivity index (χ0v) is 15.8. The van der Waals surface area contributed by atoms with Gasteiger partial charge in [-0.05, 0) is 37.2 Å². The molecule has 0 bridgehead atoms. The number of fused-ring (bicyclic) bond motifs is 1. The molecule has 1 unspecified atom stereocenters. The molecule has 1 atom stereocenters. The van der Waals surface area contributed by atoms with Crippen molar-refractivity contribution in [2.24, 2.45) is 0 Å². The van der Waals surface area contributed by atoms with E-state index in [0.717, 1.165) is 19.5 Å². The molecule has 26 heavy (non-hydrogen) atoms. The first kappa shape index (κ1) is 17.7. The molecule has 0 aliphatic carbocycles. The molecule has 0 saturated carbocycles. The molecule has 3 heterocycles. The van der Waals surface area contributed by atoms with Crippen LogP contribution < -0.4 is 0 Å². The monoisotopic (exact) mass is 350 g/mol. The Balaban J connectivity index is 1.44. The van der Waals surface area contributed by atoms with E-state index < -0.39 is 0 Å². The number of likely N-dealkylation sites (N-methyl/N-ethyl adjacent to an activating group) is 1. The van der Waals surface area contributed by atoms with E-state index in [9.17, 15) is 0 Å². The maximum Gasteiger partial charge on any atom is 0.0619 e. The second-order valence-electron chi connectivity index (χ2n) is 7.64. The van der Waals surface area contributed by atoms with Crippen LogP contribution in [-0.4, -0.2) is 72.5 Å². The number of piperazine rings is 1. The van der Waals surface area contributed by atoms with Gasteiger partial charge < -0.3 is 9.80 Å². The molecule has 2 aliphatic rings. The second-order valence-corrected chi connectivity index (χ2v) is 7.64. The van der Waals surface area contributed by atoms with Crippen LogP contribution in [0.5, 0.6) is 0 Å². The first-order valence-electron chi connectivity index (χ1n) is 9.95. The summed E-state index contributed by atoms with van der Waals surface area (Å²) in [4.78, 5) is 12.4. The van der Waals surface area contributed by atoms with E-state index in [1.165, 1.54) is 56.0 Å². The summed E-state index contributed by atoms with van der Waals surface area (Å²) in [5.74, 6) is 0. The third-order valence-corrected chi connectivity index (χ3v) is 5.85. The van der Waals surface area contributed by atoms with Crippen molar-refractivity contribution in [1.29, 1.82) is 0 Å². The molecule has 0 amide bonds. The van der Waals surface area contributed by atoms with E-state index in [1.54, 1.807) is 0 Å². The van der Waals surface area contributed by atoms with Crippen LogP contribution >= 0.6 is 0 Å². The quantitative estimate of drug-likeness (QED) is 0.827. The highest BCUT2D eigenvalue weighted by molar-refractivity contribution is 5.36. The van der Waals surface area contributed by atoms with Crippen LogP contribution in [0.4, 0.5) is 0 Å². The number of rotatable bonds is 5. The first-order valence-corrected chi connectivity index (χ1v) is 9.95. The molecule has 1 aromatic carbocycles. The predicted octanol–water partition coefficient (Wildman–Crippen LogP) is 2.67. The predicted molar refractivity (Wildman–Crippen MR) is 106 cm³/mol. The van der Waals surface area contributed by atoms with Crippen LogP contribution in [0.25, 0.3) is 0 Å². The second kappa shape index (κ2) is 8.30. The molecule has 1 saturated heterocycles. The van der Waals surface area contributed by atoms with Gasteiger partial charge in [0.25, 0.3) is 0 Å². The van der Waals surface area contributed by atoms with Crippen molar-refractivity contribution in [2.75, 3.05) is 52.9 Å². The van der Waals surface area contributed by atoms with Crippen LogP contribution in [0.2, 0.25) is 0 Å². The van der Waals surface area contributed by atoms with E-state index >= 15 is 0 Å². The molecule has 2 aliphatic heterocycles. The van der Waals surface area contributed by atoms with Crippen molar-refractivity contribution in [3.63, 3.8) is 0 Å². The Morgan fingerprint density at radius 1 is 0.923 bits per heavy atom. The van der Waals surface area contributed by atoms with Crippen LogP contribution in [0, 0.1) is 0 Å². The third kappa shape index (κ3) is 3.98. The maximum absolute atomic E-state index is 4.65. The molecule has 4 nitrogen and oxygen atoms in total. The molecule has 2 aromatic rings. The minimum absolute atomic E-state index is 0.348. The zero-order valence-electron chi connectivity index (χ0n) is 15.8. The Kier molecular flexibility index (Phi) is 5.63. The molecule has 4 rings (SSSR count). The summed E-state index contributed by atoms with van der Waals surface area (Å²) >= 11 is 0. The topological polar surface area (TPSA) is 22.6 Å². The van der Waals surface area contributed by atoms with Crippen molar-refractivity contribution in [1.82, 2.24) is 19.7 Å². The van der Waals surface area contributed by atoms with E-state index in [0.29, 0.717) is 6.04 Å². The molecular weight excluding hydrogens is 320 g/mol. The average molecular weight is 351 g/mol. The average Bonchev–Trinajstić information content (AvgIpc) is 2.70. The van der Waals surface area contributed by atoms with E-state index in [-0.39, 0.29) is 0 Å². The highest BCUT2D eigenvalue weighted by Gasteiger charge is 2.29. The fourth-order valence-corrected chi connectivity index (χ4v) is 4.32. The van der Waals surface area contributed by atoms with E-state index in [4.69, 9.17) is 0 Å². The van der Waals surface area contributed by atoms with Gasteiger partial charge in [-0.2, -0.15) is 0 Å².